The van der Waals surface area contributed by atoms with E-state index in [9.17, 15) is 22.8 Å². The number of hydrogen-bond acceptors (Lipinski definition) is 4. The van der Waals surface area contributed by atoms with Crippen LogP contribution in [0.25, 0.3) is 10.9 Å². The topological polar surface area (TPSA) is 53.5 Å². The van der Waals surface area contributed by atoms with Crippen LogP contribution >= 0.6 is 12.6 Å². The van der Waals surface area contributed by atoms with E-state index in [1.54, 1.807) is 26.1 Å². The molecule has 160 valence electrons. The van der Waals surface area contributed by atoms with Gasteiger partial charge in [0.1, 0.15) is 5.54 Å². The standard InChI is InChI=1S/C22H18F3N3O2S/c1-21(2)19(29)28(17-8-7-14(11-18(17)31)22(23,24)25)20(30)27(21)12-13-9-10-26-16-6-4-3-5-15(13)16/h3-11,31H,12H2,1-2H3. The van der Waals surface area contributed by atoms with Gasteiger partial charge in [0.25, 0.3) is 5.91 Å². The lowest BCUT2D eigenvalue weighted by Gasteiger charge is -2.28. The minimum Gasteiger partial charge on any atom is -0.305 e. The zero-order valence-electron chi connectivity index (χ0n) is 16.6. The molecule has 0 saturated carbocycles. The van der Waals surface area contributed by atoms with Crippen LogP contribution in [0.15, 0.2) is 59.6 Å². The summed E-state index contributed by atoms with van der Waals surface area (Å²) in [6.45, 7) is 3.36. The fraction of sp³-hybridized carbons (Fsp3) is 0.227. The number of pyridine rings is 1. The molecule has 0 spiro atoms. The summed E-state index contributed by atoms with van der Waals surface area (Å²) < 4.78 is 39.0. The second-order valence-corrected chi connectivity index (χ2v) is 8.24. The molecule has 1 aromatic heterocycles. The van der Waals surface area contributed by atoms with Crippen molar-refractivity contribution in [2.75, 3.05) is 4.90 Å². The monoisotopic (exact) mass is 445 g/mol. The van der Waals surface area contributed by atoms with Crippen LogP contribution in [0.5, 0.6) is 0 Å². The Balaban J connectivity index is 1.73. The molecule has 1 fully saturated rings. The van der Waals surface area contributed by atoms with E-state index in [0.717, 1.165) is 39.6 Å². The molecule has 9 heteroatoms. The highest BCUT2D eigenvalue weighted by molar-refractivity contribution is 7.80. The Morgan fingerprint density at radius 1 is 1.06 bits per heavy atom. The maximum Gasteiger partial charge on any atom is 0.416 e. The number of para-hydroxylation sites is 1. The summed E-state index contributed by atoms with van der Waals surface area (Å²) in [6.07, 6.45) is -2.92. The lowest BCUT2D eigenvalue weighted by Crippen LogP contribution is -2.43. The summed E-state index contributed by atoms with van der Waals surface area (Å²) in [6, 6.07) is 11.3. The number of carbonyl (C=O) groups excluding carboxylic acids is 2. The molecule has 0 bridgehead atoms. The Labute approximate surface area is 181 Å². The van der Waals surface area contributed by atoms with Crippen LogP contribution in [0.1, 0.15) is 25.0 Å². The van der Waals surface area contributed by atoms with Gasteiger partial charge in [0.2, 0.25) is 0 Å². The van der Waals surface area contributed by atoms with E-state index < -0.39 is 29.2 Å². The molecule has 1 aliphatic heterocycles. The first-order valence-corrected chi connectivity index (χ1v) is 9.85. The number of nitrogens with zero attached hydrogens (tertiary/aromatic N) is 3. The number of fused-ring (bicyclic) bond motifs is 1. The normalized spacial score (nSPS) is 16.5. The van der Waals surface area contributed by atoms with Crippen LogP contribution in [0, 0.1) is 0 Å². The number of halogens is 3. The summed E-state index contributed by atoms with van der Waals surface area (Å²) in [4.78, 5) is 32.9. The first-order valence-electron chi connectivity index (χ1n) is 9.41. The van der Waals surface area contributed by atoms with Crippen molar-refractivity contribution in [3.05, 3.63) is 65.9 Å². The summed E-state index contributed by atoms with van der Waals surface area (Å²) in [5.41, 5.74) is -0.529. The second-order valence-electron chi connectivity index (χ2n) is 7.76. The minimum absolute atomic E-state index is 0.0153. The Morgan fingerprint density at radius 3 is 2.45 bits per heavy atom. The Kier molecular flexibility index (Phi) is 4.96. The van der Waals surface area contributed by atoms with Crippen molar-refractivity contribution in [3.8, 4) is 0 Å². The largest absolute Gasteiger partial charge is 0.416 e. The molecule has 0 N–H and O–H groups in total. The maximum atomic E-state index is 13.3. The number of anilines is 1. The van der Waals surface area contributed by atoms with Crippen LogP contribution in [-0.2, 0) is 17.5 Å². The van der Waals surface area contributed by atoms with Gasteiger partial charge in [-0.3, -0.25) is 9.78 Å². The van der Waals surface area contributed by atoms with E-state index in [1.807, 2.05) is 24.3 Å². The molecule has 1 saturated heterocycles. The van der Waals surface area contributed by atoms with Gasteiger partial charge in [0, 0.05) is 23.0 Å². The van der Waals surface area contributed by atoms with Crippen molar-refractivity contribution in [3.63, 3.8) is 0 Å². The molecule has 2 aromatic carbocycles. The van der Waals surface area contributed by atoms with Gasteiger partial charge in [-0.1, -0.05) is 18.2 Å². The quantitative estimate of drug-likeness (QED) is 0.440. The molecule has 5 nitrogen and oxygen atoms in total. The number of carbonyl (C=O) groups is 2. The number of urea groups is 1. The van der Waals surface area contributed by atoms with Gasteiger partial charge < -0.3 is 4.90 Å². The molecule has 3 amide bonds. The van der Waals surface area contributed by atoms with Crippen LogP contribution < -0.4 is 4.90 Å². The molecule has 2 heterocycles. The van der Waals surface area contributed by atoms with E-state index >= 15 is 0 Å². The number of hydrogen-bond donors (Lipinski definition) is 1. The van der Waals surface area contributed by atoms with Crippen LogP contribution in [0.3, 0.4) is 0 Å². The number of thiol groups is 1. The summed E-state index contributed by atoms with van der Waals surface area (Å²) >= 11 is 4.12. The Hall–Kier alpha value is -3.07. The van der Waals surface area contributed by atoms with Gasteiger partial charge >= 0.3 is 12.2 Å². The fourth-order valence-electron chi connectivity index (χ4n) is 3.67. The van der Waals surface area contributed by atoms with Crippen molar-refractivity contribution >= 4 is 41.2 Å². The average molecular weight is 445 g/mol. The number of rotatable bonds is 3. The van der Waals surface area contributed by atoms with Crippen molar-refractivity contribution in [1.29, 1.82) is 0 Å². The first-order chi connectivity index (χ1) is 14.5. The van der Waals surface area contributed by atoms with Gasteiger partial charge in [-0.25, -0.2) is 9.69 Å². The molecule has 0 atom stereocenters. The average Bonchev–Trinajstić information content (AvgIpc) is 2.87. The molecular weight excluding hydrogens is 427 g/mol. The van der Waals surface area contributed by atoms with Crippen molar-refractivity contribution in [2.45, 2.75) is 37.0 Å². The third-order valence-electron chi connectivity index (χ3n) is 5.43. The maximum absolute atomic E-state index is 13.3. The lowest BCUT2D eigenvalue weighted by molar-refractivity contribution is -0.137. The van der Waals surface area contributed by atoms with Crippen molar-refractivity contribution in [1.82, 2.24) is 9.88 Å². The van der Waals surface area contributed by atoms with E-state index in [-0.39, 0.29) is 17.1 Å². The highest BCUT2D eigenvalue weighted by atomic mass is 32.1. The van der Waals surface area contributed by atoms with Crippen molar-refractivity contribution < 1.29 is 22.8 Å². The predicted octanol–water partition coefficient (Wildman–Crippen LogP) is 5.29. The highest BCUT2D eigenvalue weighted by Gasteiger charge is 2.52. The van der Waals surface area contributed by atoms with E-state index in [1.165, 1.54) is 4.90 Å². The second kappa shape index (κ2) is 7.26. The first kappa shape index (κ1) is 21.2. The molecule has 0 unspecified atom stereocenters. The van der Waals surface area contributed by atoms with Crippen molar-refractivity contribution in [2.24, 2.45) is 0 Å². The van der Waals surface area contributed by atoms with Gasteiger partial charge in [-0.2, -0.15) is 13.2 Å². The number of amides is 3. The molecular formula is C22H18F3N3O2S. The van der Waals surface area contributed by atoms with Gasteiger partial charge in [0.15, 0.2) is 0 Å². The van der Waals surface area contributed by atoms with Crippen LogP contribution in [-0.4, -0.2) is 27.4 Å². The van der Waals surface area contributed by atoms with Gasteiger partial charge in [-0.05, 0) is 49.7 Å². The molecule has 31 heavy (non-hydrogen) atoms. The summed E-state index contributed by atoms with van der Waals surface area (Å²) in [5, 5.41) is 0.851. The summed E-state index contributed by atoms with van der Waals surface area (Å²) in [5.74, 6) is -0.536. The molecule has 0 aliphatic carbocycles. The van der Waals surface area contributed by atoms with E-state index in [4.69, 9.17) is 0 Å². The highest BCUT2D eigenvalue weighted by Crippen LogP contribution is 2.39. The van der Waals surface area contributed by atoms with E-state index in [0.29, 0.717) is 0 Å². The smallest absolute Gasteiger partial charge is 0.305 e. The lowest BCUT2D eigenvalue weighted by atomic mass is 10.0. The number of alkyl halides is 3. The Bertz CT molecular complexity index is 1200. The van der Waals surface area contributed by atoms with Gasteiger partial charge in [0.05, 0.1) is 16.8 Å². The van der Waals surface area contributed by atoms with Crippen LogP contribution in [0.2, 0.25) is 0 Å². The third kappa shape index (κ3) is 3.52. The molecule has 4 rings (SSSR count). The predicted molar refractivity (Wildman–Crippen MR) is 113 cm³/mol. The van der Waals surface area contributed by atoms with Crippen LogP contribution in [0.4, 0.5) is 23.7 Å². The zero-order valence-corrected chi connectivity index (χ0v) is 17.5. The van der Waals surface area contributed by atoms with E-state index in [2.05, 4.69) is 17.6 Å². The molecule has 1 aliphatic rings. The SMILES string of the molecule is CC1(C)C(=O)N(c2ccc(C(F)(F)F)cc2S)C(=O)N1Cc1ccnc2ccccc12. The number of benzene rings is 2. The third-order valence-corrected chi connectivity index (χ3v) is 5.79. The molecule has 0 radical (unpaired) electrons. The zero-order chi connectivity index (χ0) is 22.6. The molecule has 3 aromatic rings. The fourth-order valence-corrected chi connectivity index (χ4v) is 3.98. The van der Waals surface area contributed by atoms with Gasteiger partial charge in [-0.15, -0.1) is 12.6 Å². The Morgan fingerprint density at radius 2 is 1.77 bits per heavy atom. The minimum atomic E-state index is -4.55. The number of aromatic nitrogens is 1. The summed E-state index contributed by atoms with van der Waals surface area (Å²) in [7, 11) is 0. The number of imide groups is 1.